The normalized spacial score (nSPS) is 17.1. The lowest BCUT2D eigenvalue weighted by Crippen LogP contribution is -2.12. The number of benzene rings is 1. The number of hydrogen-bond donors (Lipinski definition) is 0. The lowest BCUT2D eigenvalue weighted by atomic mass is 9.88. The van der Waals surface area contributed by atoms with Crippen LogP contribution < -0.4 is 0 Å². The van der Waals surface area contributed by atoms with E-state index in [4.69, 9.17) is 10.2 Å². The Kier molecular flexibility index (Phi) is 4.79. The fourth-order valence-electron chi connectivity index (χ4n) is 2.92. The van der Waals surface area contributed by atoms with Crippen LogP contribution in [0, 0.1) is 11.3 Å². The number of aromatic nitrogens is 3. The average Bonchev–Trinajstić information content (AvgIpc) is 3.00. The third kappa shape index (κ3) is 3.33. The quantitative estimate of drug-likeness (QED) is 0.789. The van der Waals surface area contributed by atoms with Gasteiger partial charge in [-0.25, -0.2) is 9.67 Å². The first-order valence-corrected chi connectivity index (χ1v) is 8.74. The van der Waals surface area contributed by atoms with Crippen LogP contribution in [0.1, 0.15) is 50.8 Å². The second-order valence-corrected chi connectivity index (χ2v) is 7.03. The molecular weight excluding hydrogens is 292 g/mol. The maximum atomic E-state index is 9.00. The van der Waals surface area contributed by atoms with Gasteiger partial charge < -0.3 is 0 Å². The van der Waals surface area contributed by atoms with Crippen LogP contribution in [-0.2, 0) is 0 Å². The molecule has 0 amide bonds. The van der Waals surface area contributed by atoms with Crippen molar-refractivity contribution in [2.75, 3.05) is 0 Å². The van der Waals surface area contributed by atoms with E-state index in [1.54, 1.807) is 0 Å². The van der Waals surface area contributed by atoms with Crippen LogP contribution in [0.25, 0.3) is 5.69 Å². The van der Waals surface area contributed by atoms with Crippen molar-refractivity contribution in [3.05, 3.63) is 36.2 Å². The van der Waals surface area contributed by atoms with E-state index in [9.17, 15) is 0 Å². The monoisotopic (exact) mass is 312 g/mol. The molecule has 0 aliphatic heterocycles. The second kappa shape index (κ2) is 6.97. The molecule has 0 spiro atoms. The van der Waals surface area contributed by atoms with Gasteiger partial charge in [-0.2, -0.15) is 5.26 Å². The summed E-state index contributed by atoms with van der Waals surface area (Å²) in [5.74, 6) is 1.53. The van der Waals surface area contributed by atoms with Crippen LogP contribution in [0.4, 0.5) is 0 Å². The number of para-hydroxylation sites is 1. The van der Waals surface area contributed by atoms with Crippen LogP contribution in [-0.4, -0.2) is 20.0 Å². The molecule has 1 saturated carbocycles. The van der Waals surface area contributed by atoms with E-state index in [1.165, 1.54) is 43.9 Å². The Bertz CT molecular complexity index is 653. The molecule has 2 aromatic rings. The number of thioether (sulfide) groups is 1. The van der Waals surface area contributed by atoms with Gasteiger partial charge in [0.25, 0.3) is 0 Å². The molecule has 0 saturated heterocycles. The van der Waals surface area contributed by atoms with Crippen molar-refractivity contribution in [2.45, 2.75) is 55.4 Å². The van der Waals surface area contributed by atoms with Crippen molar-refractivity contribution in [1.82, 2.24) is 14.8 Å². The molecule has 1 aromatic carbocycles. The fourth-order valence-corrected chi connectivity index (χ4v) is 3.57. The minimum atomic E-state index is -0.133. The van der Waals surface area contributed by atoms with Crippen LogP contribution >= 0.6 is 11.8 Å². The molecule has 0 bridgehead atoms. The third-order valence-electron chi connectivity index (χ3n) is 4.05. The molecule has 22 heavy (non-hydrogen) atoms. The molecule has 3 rings (SSSR count). The summed E-state index contributed by atoms with van der Waals surface area (Å²) < 4.78 is 1.97. The summed E-state index contributed by atoms with van der Waals surface area (Å²) in [5.41, 5.74) is 1.05. The molecule has 1 aromatic heterocycles. The smallest absolute Gasteiger partial charge is 0.210 e. The second-order valence-electron chi connectivity index (χ2n) is 5.72. The Morgan fingerprint density at radius 3 is 2.64 bits per heavy atom. The van der Waals surface area contributed by atoms with E-state index >= 15 is 0 Å². The van der Waals surface area contributed by atoms with Gasteiger partial charge in [0.1, 0.15) is 5.82 Å². The molecule has 114 valence electrons. The molecule has 1 aliphatic carbocycles. The molecule has 0 unspecified atom stereocenters. The standard InChI is InChI=1S/C17H20N4S/c1-13(12-18)22-17-19-16(14-8-4-2-5-9-14)21(20-17)15-10-6-3-7-11-15/h3,6-7,10-11,13-14H,2,4-5,8-9H2,1H3/t13-/m1/s1. The topological polar surface area (TPSA) is 54.5 Å². The fraction of sp³-hybridized carbons (Fsp3) is 0.471. The highest BCUT2D eigenvalue weighted by atomic mass is 32.2. The Hall–Kier alpha value is -1.80. The van der Waals surface area contributed by atoms with E-state index in [1.807, 2.05) is 29.8 Å². The van der Waals surface area contributed by atoms with Crippen molar-refractivity contribution in [3.63, 3.8) is 0 Å². The zero-order valence-electron chi connectivity index (χ0n) is 12.8. The highest BCUT2D eigenvalue weighted by Crippen LogP contribution is 2.34. The third-order valence-corrected chi connectivity index (χ3v) is 4.89. The molecule has 1 atom stereocenters. The summed E-state index contributed by atoms with van der Waals surface area (Å²) in [6.07, 6.45) is 6.22. The van der Waals surface area contributed by atoms with Crippen LogP contribution in [0.5, 0.6) is 0 Å². The van der Waals surface area contributed by atoms with Gasteiger partial charge in [0, 0.05) is 5.92 Å². The predicted octanol–water partition coefficient (Wildman–Crippen LogP) is 4.32. The van der Waals surface area contributed by atoms with Crippen molar-refractivity contribution in [2.24, 2.45) is 0 Å². The SMILES string of the molecule is C[C@H](C#N)Sc1nc(C2CCCCC2)n(-c2ccccc2)n1. The van der Waals surface area contributed by atoms with Crippen molar-refractivity contribution in [1.29, 1.82) is 5.26 Å². The maximum Gasteiger partial charge on any atom is 0.210 e. The highest BCUT2D eigenvalue weighted by molar-refractivity contribution is 7.99. The van der Waals surface area contributed by atoms with Crippen LogP contribution in [0.3, 0.4) is 0 Å². The van der Waals surface area contributed by atoms with Crippen molar-refractivity contribution >= 4 is 11.8 Å². The van der Waals surface area contributed by atoms with E-state index in [-0.39, 0.29) is 5.25 Å². The molecule has 4 nitrogen and oxygen atoms in total. The highest BCUT2D eigenvalue weighted by Gasteiger charge is 2.24. The van der Waals surface area contributed by atoms with Gasteiger partial charge >= 0.3 is 0 Å². The lowest BCUT2D eigenvalue weighted by Gasteiger charge is -2.21. The van der Waals surface area contributed by atoms with Crippen molar-refractivity contribution in [3.8, 4) is 11.8 Å². The minimum Gasteiger partial charge on any atom is -0.216 e. The summed E-state index contributed by atoms with van der Waals surface area (Å²) >= 11 is 1.43. The zero-order valence-corrected chi connectivity index (χ0v) is 13.6. The van der Waals surface area contributed by atoms with Gasteiger partial charge in [0.15, 0.2) is 0 Å². The molecule has 5 heteroatoms. The minimum absolute atomic E-state index is 0.133. The van der Waals surface area contributed by atoms with Gasteiger partial charge in [-0.3, -0.25) is 0 Å². The predicted molar refractivity (Wildman–Crippen MR) is 88.1 cm³/mol. The van der Waals surface area contributed by atoms with Gasteiger partial charge in [-0.15, -0.1) is 5.10 Å². The van der Waals surface area contributed by atoms with E-state index < -0.39 is 0 Å². The summed E-state index contributed by atoms with van der Waals surface area (Å²) in [5, 5.41) is 14.2. The summed E-state index contributed by atoms with van der Waals surface area (Å²) in [6.45, 7) is 1.88. The van der Waals surface area contributed by atoms with Gasteiger partial charge in [0.05, 0.1) is 17.0 Å². The first-order valence-electron chi connectivity index (χ1n) is 7.86. The zero-order chi connectivity index (χ0) is 15.4. The molecule has 1 fully saturated rings. The van der Waals surface area contributed by atoms with E-state index in [0.717, 1.165) is 11.5 Å². The largest absolute Gasteiger partial charge is 0.216 e. The first kappa shape index (κ1) is 15.1. The van der Waals surface area contributed by atoms with Gasteiger partial charge in [0.2, 0.25) is 5.16 Å². The summed E-state index contributed by atoms with van der Waals surface area (Å²) in [6, 6.07) is 12.4. The van der Waals surface area contributed by atoms with E-state index in [0.29, 0.717) is 11.1 Å². The Morgan fingerprint density at radius 1 is 1.23 bits per heavy atom. The lowest BCUT2D eigenvalue weighted by molar-refractivity contribution is 0.422. The number of nitriles is 1. The first-order chi connectivity index (χ1) is 10.8. The van der Waals surface area contributed by atoms with Gasteiger partial charge in [-0.1, -0.05) is 49.2 Å². The van der Waals surface area contributed by atoms with Gasteiger partial charge in [-0.05, 0) is 31.9 Å². The summed E-state index contributed by atoms with van der Waals surface area (Å²) in [7, 11) is 0. The average molecular weight is 312 g/mol. The Balaban J connectivity index is 1.96. The number of hydrogen-bond acceptors (Lipinski definition) is 4. The molecule has 1 heterocycles. The van der Waals surface area contributed by atoms with E-state index in [2.05, 4.69) is 23.3 Å². The van der Waals surface area contributed by atoms with Crippen LogP contribution in [0.15, 0.2) is 35.5 Å². The molecule has 0 N–H and O–H groups in total. The molecule has 1 aliphatic rings. The number of nitrogens with zero attached hydrogens (tertiary/aromatic N) is 4. The molecular formula is C17H20N4S. The summed E-state index contributed by atoms with van der Waals surface area (Å²) in [4.78, 5) is 4.76. The van der Waals surface area contributed by atoms with Crippen LogP contribution in [0.2, 0.25) is 0 Å². The molecule has 0 radical (unpaired) electrons. The Labute approximate surface area is 135 Å². The van der Waals surface area contributed by atoms with Crippen molar-refractivity contribution < 1.29 is 0 Å². The number of rotatable bonds is 4. The Morgan fingerprint density at radius 2 is 1.95 bits per heavy atom. The maximum absolute atomic E-state index is 9.00.